The molecule has 0 fully saturated rings. The maximum atomic E-state index is 11.3. The van der Waals surface area contributed by atoms with Crippen LogP contribution >= 0.6 is 10.7 Å². The molecule has 0 N–H and O–H groups in total. The zero-order valence-corrected chi connectivity index (χ0v) is 12.1. The van der Waals surface area contributed by atoms with Crippen molar-refractivity contribution in [3.63, 3.8) is 0 Å². The third kappa shape index (κ3) is 3.10. The van der Waals surface area contributed by atoms with Crippen LogP contribution < -0.4 is 4.74 Å². The standard InChI is InChI=1S/C14H10ClNO3S/c1-10-8-12(6-7-14(10)20(15,17)18)19-13-5-3-2-4-11(13)9-16/h2-8H,1H3. The van der Waals surface area contributed by atoms with Crippen molar-refractivity contribution in [3.8, 4) is 17.6 Å². The van der Waals surface area contributed by atoms with Gasteiger partial charge in [0.2, 0.25) is 0 Å². The number of nitriles is 1. The highest BCUT2D eigenvalue weighted by Crippen LogP contribution is 2.28. The molecule has 2 rings (SSSR count). The van der Waals surface area contributed by atoms with Crippen molar-refractivity contribution in [1.29, 1.82) is 5.26 Å². The van der Waals surface area contributed by atoms with E-state index >= 15 is 0 Å². The van der Waals surface area contributed by atoms with E-state index in [9.17, 15) is 8.42 Å². The molecule has 0 saturated carbocycles. The lowest BCUT2D eigenvalue weighted by molar-refractivity contribution is 0.480. The van der Waals surface area contributed by atoms with Crippen LogP contribution in [0.1, 0.15) is 11.1 Å². The number of ether oxygens (including phenoxy) is 1. The normalized spacial score (nSPS) is 10.8. The molecule has 0 unspecified atom stereocenters. The highest BCUT2D eigenvalue weighted by Gasteiger charge is 2.14. The Morgan fingerprint density at radius 1 is 1.20 bits per heavy atom. The van der Waals surface area contributed by atoms with Crippen LogP contribution in [0, 0.1) is 18.3 Å². The third-order valence-electron chi connectivity index (χ3n) is 2.64. The Bertz CT molecular complexity index is 794. The van der Waals surface area contributed by atoms with E-state index in [0.717, 1.165) is 0 Å². The summed E-state index contributed by atoms with van der Waals surface area (Å²) in [5.41, 5.74) is 0.881. The molecule has 2 aromatic rings. The van der Waals surface area contributed by atoms with E-state index < -0.39 is 9.05 Å². The Kier molecular flexibility index (Phi) is 3.98. The Hall–Kier alpha value is -2.03. The average molecular weight is 308 g/mol. The quantitative estimate of drug-likeness (QED) is 0.813. The SMILES string of the molecule is Cc1cc(Oc2ccccc2C#N)ccc1S(=O)(=O)Cl. The Labute approximate surface area is 121 Å². The summed E-state index contributed by atoms with van der Waals surface area (Å²) in [6, 6.07) is 13.2. The molecule has 2 aromatic carbocycles. The van der Waals surface area contributed by atoms with Crippen molar-refractivity contribution >= 4 is 19.7 Å². The van der Waals surface area contributed by atoms with Crippen molar-refractivity contribution in [3.05, 3.63) is 53.6 Å². The van der Waals surface area contributed by atoms with E-state index in [0.29, 0.717) is 22.6 Å². The van der Waals surface area contributed by atoms with Gasteiger partial charge in [-0.05, 0) is 42.8 Å². The van der Waals surface area contributed by atoms with E-state index in [1.807, 2.05) is 6.07 Å². The van der Waals surface area contributed by atoms with Crippen molar-refractivity contribution < 1.29 is 13.2 Å². The van der Waals surface area contributed by atoms with Crippen molar-refractivity contribution in [1.82, 2.24) is 0 Å². The fraction of sp³-hybridized carbons (Fsp3) is 0.0714. The first-order chi connectivity index (χ1) is 9.41. The van der Waals surface area contributed by atoms with Gasteiger partial charge in [0.05, 0.1) is 10.5 Å². The van der Waals surface area contributed by atoms with Gasteiger partial charge in [-0.2, -0.15) is 5.26 Å². The van der Waals surface area contributed by atoms with Crippen LogP contribution in [0.15, 0.2) is 47.4 Å². The smallest absolute Gasteiger partial charge is 0.261 e. The molecule has 0 aliphatic rings. The van der Waals surface area contributed by atoms with E-state index in [1.165, 1.54) is 12.1 Å². The van der Waals surface area contributed by atoms with Crippen LogP contribution in [0.25, 0.3) is 0 Å². The van der Waals surface area contributed by atoms with Crippen molar-refractivity contribution in [2.45, 2.75) is 11.8 Å². The highest BCUT2D eigenvalue weighted by atomic mass is 35.7. The van der Waals surface area contributed by atoms with Gasteiger partial charge < -0.3 is 4.74 Å². The lowest BCUT2D eigenvalue weighted by Crippen LogP contribution is -1.95. The second-order valence-corrected chi connectivity index (χ2v) is 6.61. The number of para-hydroxylation sites is 1. The molecule has 20 heavy (non-hydrogen) atoms. The molecule has 0 heterocycles. The molecule has 4 nitrogen and oxygen atoms in total. The molecule has 102 valence electrons. The molecule has 0 atom stereocenters. The van der Waals surface area contributed by atoms with Crippen molar-refractivity contribution in [2.75, 3.05) is 0 Å². The summed E-state index contributed by atoms with van der Waals surface area (Å²) in [7, 11) is 1.54. The summed E-state index contributed by atoms with van der Waals surface area (Å²) in [5.74, 6) is 0.852. The molecular weight excluding hydrogens is 298 g/mol. The van der Waals surface area contributed by atoms with Gasteiger partial charge in [-0.15, -0.1) is 0 Å². The van der Waals surface area contributed by atoms with Gasteiger partial charge in [0.25, 0.3) is 9.05 Å². The largest absolute Gasteiger partial charge is 0.456 e. The molecule has 0 radical (unpaired) electrons. The first-order valence-electron chi connectivity index (χ1n) is 5.64. The second-order valence-electron chi connectivity index (χ2n) is 4.08. The minimum absolute atomic E-state index is 0.0417. The molecule has 0 saturated heterocycles. The first-order valence-corrected chi connectivity index (χ1v) is 7.95. The number of aryl methyl sites for hydroxylation is 1. The topological polar surface area (TPSA) is 67.2 Å². The predicted molar refractivity (Wildman–Crippen MR) is 75.4 cm³/mol. The van der Waals surface area contributed by atoms with Crippen LogP contribution in [0.5, 0.6) is 11.5 Å². The minimum Gasteiger partial charge on any atom is -0.456 e. The molecule has 0 aliphatic carbocycles. The van der Waals surface area contributed by atoms with E-state index in [4.69, 9.17) is 20.7 Å². The zero-order chi connectivity index (χ0) is 14.8. The molecule has 6 heteroatoms. The Morgan fingerprint density at radius 2 is 1.90 bits per heavy atom. The summed E-state index contributed by atoms with van der Waals surface area (Å²) in [6.07, 6.45) is 0. The highest BCUT2D eigenvalue weighted by molar-refractivity contribution is 8.13. The fourth-order valence-electron chi connectivity index (χ4n) is 1.73. The van der Waals surface area contributed by atoms with Gasteiger partial charge in [-0.25, -0.2) is 8.42 Å². The molecule has 0 amide bonds. The summed E-state index contributed by atoms with van der Waals surface area (Å²) in [6.45, 7) is 1.62. The monoisotopic (exact) mass is 307 g/mol. The Balaban J connectivity index is 2.37. The Morgan fingerprint density at radius 3 is 2.50 bits per heavy atom. The fourth-order valence-corrected chi connectivity index (χ4v) is 2.93. The summed E-state index contributed by atoms with van der Waals surface area (Å²) >= 11 is 0. The number of rotatable bonds is 3. The van der Waals surface area contributed by atoms with E-state index in [2.05, 4.69) is 0 Å². The third-order valence-corrected chi connectivity index (χ3v) is 4.13. The summed E-state index contributed by atoms with van der Waals surface area (Å²) < 4.78 is 28.2. The zero-order valence-electron chi connectivity index (χ0n) is 10.5. The van der Waals surface area contributed by atoms with Crippen LogP contribution in [0.3, 0.4) is 0 Å². The molecule has 0 aliphatic heterocycles. The first kappa shape index (κ1) is 14.4. The van der Waals surface area contributed by atoms with Crippen LogP contribution in [0.2, 0.25) is 0 Å². The van der Waals surface area contributed by atoms with Gasteiger partial charge >= 0.3 is 0 Å². The molecule has 0 aromatic heterocycles. The van der Waals surface area contributed by atoms with Crippen LogP contribution in [-0.4, -0.2) is 8.42 Å². The van der Waals surface area contributed by atoms with Gasteiger partial charge in [-0.3, -0.25) is 0 Å². The maximum Gasteiger partial charge on any atom is 0.261 e. The van der Waals surface area contributed by atoms with Crippen LogP contribution in [-0.2, 0) is 9.05 Å². The van der Waals surface area contributed by atoms with Gasteiger partial charge in [0.1, 0.15) is 17.6 Å². The lowest BCUT2D eigenvalue weighted by Gasteiger charge is -2.09. The average Bonchev–Trinajstić information content (AvgIpc) is 2.38. The lowest BCUT2D eigenvalue weighted by atomic mass is 10.2. The van der Waals surface area contributed by atoms with Gasteiger partial charge in [-0.1, -0.05) is 12.1 Å². The number of hydrogen-bond acceptors (Lipinski definition) is 4. The molecule has 0 bridgehead atoms. The number of hydrogen-bond donors (Lipinski definition) is 0. The van der Waals surface area contributed by atoms with Gasteiger partial charge in [0.15, 0.2) is 0 Å². The van der Waals surface area contributed by atoms with Crippen molar-refractivity contribution in [2.24, 2.45) is 0 Å². The summed E-state index contributed by atoms with van der Waals surface area (Å²) in [4.78, 5) is 0.0417. The predicted octanol–water partition coefficient (Wildman–Crippen LogP) is 3.59. The maximum absolute atomic E-state index is 11.3. The van der Waals surface area contributed by atoms with Crippen LogP contribution in [0.4, 0.5) is 0 Å². The molecular formula is C14H10ClNO3S. The number of benzene rings is 2. The minimum atomic E-state index is -3.77. The second kappa shape index (κ2) is 5.53. The number of halogens is 1. The molecule has 0 spiro atoms. The van der Waals surface area contributed by atoms with E-state index in [1.54, 1.807) is 37.3 Å². The summed E-state index contributed by atoms with van der Waals surface area (Å²) in [5, 5.41) is 8.98. The van der Waals surface area contributed by atoms with Gasteiger partial charge in [0, 0.05) is 10.7 Å². The number of nitrogens with zero attached hydrogens (tertiary/aromatic N) is 1. The van der Waals surface area contributed by atoms with E-state index in [-0.39, 0.29) is 4.90 Å².